The van der Waals surface area contributed by atoms with Crippen LogP contribution in [0.25, 0.3) is 11.1 Å². The Bertz CT molecular complexity index is 789. The van der Waals surface area contributed by atoms with E-state index in [-0.39, 0.29) is 18.0 Å². The first-order valence-electron chi connectivity index (χ1n) is 8.97. The second-order valence-electron chi connectivity index (χ2n) is 7.17. The summed E-state index contributed by atoms with van der Waals surface area (Å²) in [6.45, 7) is 5.60. The highest BCUT2D eigenvalue weighted by atomic mass is 19.1. The van der Waals surface area contributed by atoms with E-state index in [2.05, 4.69) is 26.0 Å². The third kappa shape index (κ3) is 2.94. The standard InChI is InChI=1S/C21H24FNO2/c1-12-9-15(25-14-7-8-24-11-14)10-13(2)20(12)16-3-5-18(22)21-17(16)4-6-19(21)23/h3,5,9-10,14,19H,4,6-8,11,23H2,1-2H3/t14-,19?/m0/s1. The van der Waals surface area contributed by atoms with Crippen molar-refractivity contribution >= 4 is 0 Å². The van der Waals surface area contributed by atoms with E-state index in [1.54, 1.807) is 6.07 Å². The fourth-order valence-electron chi connectivity index (χ4n) is 4.20. The van der Waals surface area contributed by atoms with Crippen LogP contribution in [-0.2, 0) is 11.2 Å². The zero-order chi connectivity index (χ0) is 17.6. The molecule has 2 aromatic rings. The Morgan fingerprint density at radius 2 is 1.92 bits per heavy atom. The second kappa shape index (κ2) is 6.43. The largest absolute Gasteiger partial charge is 0.488 e. The molecule has 4 heteroatoms. The van der Waals surface area contributed by atoms with E-state index in [4.69, 9.17) is 15.2 Å². The smallest absolute Gasteiger partial charge is 0.128 e. The molecule has 0 radical (unpaired) electrons. The number of aryl methyl sites for hydroxylation is 2. The minimum absolute atomic E-state index is 0.137. The molecule has 0 bridgehead atoms. The molecule has 2 aliphatic rings. The predicted octanol–water partition coefficient (Wildman–Crippen LogP) is 4.22. The van der Waals surface area contributed by atoms with Gasteiger partial charge < -0.3 is 15.2 Å². The first-order chi connectivity index (χ1) is 12.0. The Labute approximate surface area is 147 Å². The molecule has 25 heavy (non-hydrogen) atoms. The molecule has 132 valence electrons. The maximum Gasteiger partial charge on any atom is 0.128 e. The minimum Gasteiger partial charge on any atom is -0.488 e. The molecule has 1 saturated heterocycles. The van der Waals surface area contributed by atoms with Gasteiger partial charge in [-0.2, -0.15) is 0 Å². The van der Waals surface area contributed by atoms with E-state index in [9.17, 15) is 4.39 Å². The highest BCUT2D eigenvalue weighted by molar-refractivity contribution is 5.76. The van der Waals surface area contributed by atoms with Crippen molar-refractivity contribution in [2.45, 2.75) is 45.3 Å². The van der Waals surface area contributed by atoms with Crippen molar-refractivity contribution in [2.24, 2.45) is 5.73 Å². The van der Waals surface area contributed by atoms with E-state index < -0.39 is 0 Å². The van der Waals surface area contributed by atoms with Crippen LogP contribution in [0.4, 0.5) is 4.39 Å². The van der Waals surface area contributed by atoms with E-state index in [1.165, 1.54) is 5.56 Å². The molecule has 4 rings (SSSR count). The van der Waals surface area contributed by atoms with Gasteiger partial charge in [-0.1, -0.05) is 6.07 Å². The first-order valence-corrected chi connectivity index (χ1v) is 8.97. The summed E-state index contributed by atoms with van der Waals surface area (Å²) in [6, 6.07) is 7.41. The molecule has 2 atom stereocenters. The number of rotatable bonds is 3. The van der Waals surface area contributed by atoms with Gasteiger partial charge in [-0.15, -0.1) is 0 Å². The van der Waals surface area contributed by atoms with Crippen molar-refractivity contribution in [3.05, 3.63) is 52.3 Å². The Kier molecular flexibility index (Phi) is 4.26. The van der Waals surface area contributed by atoms with Crippen LogP contribution in [0.3, 0.4) is 0 Å². The third-order valence-electron chi connectivity index (χ3n) is 5.35. The summed E-state index contributed by atoms with van der Waals surface area (Å²) in [7, 11) is 0. The summed E-state index contributed by atoms with van der Waals surface area (Å²) in [5.74, 6) is 0.699. The summed E-state index contributed by atoms with van der Waals surface area (Å²) >= 11 is 0. The monoisotopic (exact) mass is 341 g/mol. The molecule has 2 N–H and O–H groups in total. The van der Waals surface area contributed by atoms with Gasteiger partial charge in [0.2, 0.25) is 0 Å². The SMILES string of the molecule is Cc1cc(O[C@H]2CCOC2)cc(C)c1-c1ccc(F)c2c1CCC2N. The minimum atomic E-state index is -0.194. The average Bonchev–Trinajstić information content (AvgIpc) is 3.19. The Balaban J connectivity index is 1.74. The molecule has 0 saturated carbocycles. The summed E-state index contributed by atoms with van der Waals surface area (Å²) in [5.41, 5.74) is 12.4. The van der Waals surface area contributed by atoms with Gasteiger partial charge in [0, 0.05) is 18.0 Å². The Morgan fingerprint density at radius 1 is 1.16 bits per heavy atom. The summed E-state index contributed by atoms with van der Waals surface area (Å²) in [5, 5.41) is 0. The fourth-order valence-corrected chi connectivity index (χ4v) is 4.20. The van der Waals surface area contributed by atoms with Gasteiger partial charge in [-0.25, -0.2) is 4.39 Å². The van der Waals surface area contributed by atoms with Crippen molar-refractivity contribution in [1.29, 1.82) is 0 Å². The molecule has 1 unspecified atom stereocenters. The van der Waals surface area contributed by atoms with Crippen molar-refractivity contribution in [3.63, 3.8) is 0 Å². The molecule has 2 aromatic carbocycles. The number of halogens is 1. The zero-order valence-electron chi connectivity index (χ0n) is 14.8. The van der Waals surface area contributed by atoms with Crippen LogP contribution >= 0.6 is 0 Å². The van der Waals surface area contributed by atoms with Gasteiger partial charge in [0.1, 0.15) is 17.7 Å². The molecule has 1 fully saturated rings. The zero-order valence-corrected chi connectivity index (χ0v) is 14.8. The summed E-state index contributed by atoms with van der Waals surface area (Å²) in [4.78, 5) is 0. The number of hydrogen-bond donors (Lipinski definition) is 1. The highest BCUT2D eigenvalue weighted by Crippen LogP contribution is 2.41. The number of ether oxygens (including phenoxy) is 2. The van der Waals surface area contributed by atoms with Crippen LogP contribution in [0, 0.1) is 19.7 Å². The fraction of sp³-hybridized carbons (Fsp3) is 0.429. The van der Waals surface area contributed by atoms with Gasteiger partial charge in [0.25, 0.3) is 0 Å². The highest BCUT2D eigenvalue weighted by Gasteiger charge is 2.27. The van der Waals surface area contributed by atoms with Gasteiger partial charge in [0.15, 0.2) is 0 Å². The van der Waals surface area contributed by atoms with Crippen LogP contribution in [0.5, 0.6) is 5.75 Å². The number of fused-ring (bicyclic) bond motifs is 1. The lowest BCUT2D eigenvalue weighted by molar-refractivity contribution is 0.141. The molecular weight excluding hydrogens is 317 g/mol. The summed E-state index contributed by atoms with van der Waals surface area (Å²) < 4.78 is 25.7. The lowest BCUT2D eigenvalue weighted by Gasteiger charge is -2.19. The molecule has 3 nitrogen and oxygen atoms in total. The lowest BCUT2D eigenvalue weighted by atomic mass is 9.90. The number of nitrogens with two attached hydrogens (primary N) is 1. The van der Waals surface area contributed by atoms with Gasteiger partial charge >= 0.3 is 0 Å². The molecule has 0 aromatic heterocycles. The van der Waals surface area contributed by atoms with Crippen molar-refractivity contribution in [3.8, 4) is 16.9 Å². The topological polar surface area (TPSA) is 44.5 Å². The Morgan fingerprint density at radius 3 is 2.60 bits per heavy atom. The maximum absolute atomic E-state index is 14.2. The quantitative estimate of drug-likeness (QED) is 0.909. The number of benzene rings is 2. The van der Waals surface area contributed by atoms with Crippen molar-refractivity contribution < 1.29 is 13.9 Å². The van der Waals surface area contributed by atoms with E-state index in [0.29, 0.717) is 12.2 Å². The van der Waals surface area contributed by atoms with E-state index in [1.807, 2.05) is 6.07 Å². The van der Waals surface area contributed by atoms with Crippen LogP contribution < -0.4 is 10.5 Å². The lowest BCUT2D eigenvalue weighted by Crippen LogP contribution is -2.15. The van der Waals surface area contributed by atoms with E-state index in [0.717, 1.165) is 53.9 Å². The van der Waals surface area contributed by atoms with Crippen LogP contribution in [0.1, 0.15) is 41.1 Å². The molecule has 1 aliphatic carbocycles. The van der Waals surface area contributed by atoms with Gasteiger partial charge in [-0.3, -0.25) is 0 Å². The van der Waals surface area contributed by atoms with Crippen LogP contribution in [-0.4, -0.2) is 19.3 Å². The van der Waals surface area contributed by atoms with Gasteiger partial charge in [0.05, 0.1) is 13.2 Å². The Hall–Kier alpha value is -1.91. The summed E-state index contributed by atoms with van der Waals surface area (Å²) in [6.07, 6.45) is 2.71. The first kappa shape index (κ1) is 16.6. The maximum atomic E-state index is 14.2. The normalized spacial score (nSPS) is 22.2. The molecule has 1 heterocycles. The van der Waals surface area contributed by atoms with Crippen molar-refractivity contribution in [2.75, 3.05) is 13.2 Å². The molecule has 1 aliphatic heterocycles. The average molecular weight is 341 g/mol. The van der Waals surface area contributed by atoms with E-state index >= 15 is 0 Å². The molecular formula is C21H24FNO2. The molecule has 0 spiro atoms. The second-order valence-corrected chi connectivity index (χ2v) is 7.17. The third-order valence-corrected chi connectivity index (χ3v) is 5.35. The van der Waals surface area contributed by atoms with Crippen LogP contribution in [0.15, 0.2) is 24.3 Å². The van der Waals surface area contributed by atoms with Crippen LogP contribution in [0.2, 0.25) is 0 Å². The van der Waals surface area contributed by atoms with Gasteiger partial charge in [-0.05, 0) is 72.7 Å². The predicted molar refractivity (Wildman–Crippen MR) is 96.4 cm³/mol. The number of hydrogen-bond acceptors (Lipinski definition) is 3. The molecule has 0 amide bonds. The van der Waals surface area contributed by atoms with Crippen molar-refractivity contribution in [1.82, 2.24) is 0 Å².